The van der Waals surface area contributed by atoms with Gasteiger partial charge in [-0.05, 0) is 48.4 Å². The number of hydrogen-bond acceptors (Lipinski definition) is 5. The van der Waals surface area contributed by atoms with Crippen LogP contribution in [0.15, 0.2) is 42.5 Å². The number of rotatable bonds is 7. The number of ether oxygens (including phenoxy) is 1. The second-order valence-electron chi connectivity index (χ2n) is 7.61. The number of benzene rings is 2. The highest BCUT2D eigenvalue weighted by Gasteiger charge is 2.41. The number of aliphatic hydroxyl groups is 1. The van der Waals surface area contributed by atoms with Crippen molar-refractivity contribution in [1.29, 1.82) is 0 Å². The summed E-state index contributed by atoms with van der Waals surface area (Å²) in [6.07, 6.45) is 0.496. The van der Waals surface area contributed by atoms with Crippen LogP contribution in [0.3, 0.4) is 0 Å². The minimum Gasteiger partial charge on any atom is -0.481 e. The lowest BCUT2D eigenvalue weighted by Crippen LogP contribution is -2.60. The summed E-state index contributed by atoms with van der Waals surface area (Å²) in [4.78, 5) is 12.9. The molecule has 2 aromatic rings. The lowest BCUT2D eigenvalue weighted by atomic mass is 9.95. The summed E-state index contributed by atoms with van der Waals surface area (Å²) in [5.74, 6) is -0.874. The quantitative estimate of drug-likeness (QED) is 0.622. The average molecular weight is 419 g/mol. The van der Waals surface area contributed by atoms with Crippen LogP contribution < -0.4 is 10.2 Å². The van der Waals surface area contributed by atoms with Gasteiger partial charge in [0.05, 0.1) is 24.6 Å². The number of nitrogens with one attached hydrogen (secondary N) is 1. The van der Waals surface area contributed by atoms with E-state index in [1.54, 1.807) is 12.1 Å². The molecular weight excluding hydrogens is 392 g/mol. The van der Waals surface area contributed by atoms with Crippen molar-refractivity contribution in [2.45, 2.75) is 32.4 Å². The van der Waals surface area contributed by atoms with Crippen molar-refractivity contribution in [1.82, 2.24) is 0 Å². The zero-order valence-electron chi connectivity index (χ0n) is 16.7. The van der Waals surface area contributed by atoms with Crippen LogP contribution in [0.2, 0.25) is 5.02 Å². The van der Waals surface area contributed by atoms with E-state index >= 15 is 0 Å². The first kappa shape index (κ1) is 21.4. The molecule has 29 heavy (non-hydrogen) atoms. The fraction of sp³-hybridized carbons (Fsp3) is 0.409. The number of halogens is 1. The van der Waals surface area contributed by atoms with Crippen molar-refractivity contribution in [3.8, 4) is 0 Å². The van der Waals surface area contributed by atoms with Gasteiger partial charge in [0.25, 0.3) is 0 Å². The Morgan fingerprint density at radius 1 is 1.28 bits per heavy atom. The SMILES string of the molecule is CC(C)[C@]1(O)COCCN1c1ccc(CCC(=O)O)cc1Nc1ccc(Cl)cc1. The highest BCUT2D eigenvalue weighted by Crippen LogP contribution is 2.38. The van der Waals surface area contributed by atoms with Crippen LogP contribution in [0.4, 0.5) is 17.1 Å². The summed E-state index contributed by atoms with van der Waals surface area (Å²) in [7, 11) is 0. The van der Waals surface area contributed by atoms with E-state index in [-0.39, 0.29) is 18.9 Å². The van der Waals surface area contributed by atoms with Gasteiger partial charge in [0.1, 0.15) is 0 Å². The minimum atomic E-state index is -1.13. The summed E-state index contributed by atoms with van der Waals surface area (Å²) in [6.45, 7) is 5.24. The molecule has 1 heterocycles. The molecular formula is C22H27ClN2O4. The number of anilines is 3. The van der Waals surface area contributed by atoms with Crippen LogP contribution in [0.25, 0.3) is 0 Å². The molecule has 0 radical (unpaired) electrons. The molecule has 156 valence electrons. The molecule has 1 saturated heterocycles. The largest absolute Gasteiger partial charge is 0.481 e. The second-order valence-corrected chi connectivity index (χ2v) is 8.05. The van der Waals surface area contributed by atoms with Gasteiger partial charge in [-0.2, -0.15) is 0 Å². The molecule has 2 aromatic carbocycles. The smallest absolute Gasteiger partial charge is 0.303 e. The fourth-order valence-electron chi connectivity index (χ4n) is 3.47. The van der Waals surface area contributed by atoms with Crippen LogP contribution in [0.5, 0.6) is 0 Å². The maximum absolute atomic E-state index is 11.3. The number of hydrogen-bond donors (Lipinski definition) is 3. The second kappa shape index (κ2) is 9.03. The topological polar surface area (TPSA) is 82.0 Å². The summed E-state index contributed by atoms with van der Waals surface area (Å²) in [6, 6.07) is 13.2. The minimum absolute atomic E-state index is 0.0436. The Morgan fingerprint density at radius 2 is 2.00 bits per heavy atom. The first-order valence-electron chi connectivity index (χ1n) is 9.74. The highest BCUT2D eigenvalue weighted by molar-refractivity contribution is 6.30. The number of nitrogens with zero attached hydrogens (tertiary/aromatic N) is 1. The van der Waals surface area contributed by atoms with Crippen molar-refractivity contribution in [3.05, 3.63) is 53.1 Å². The third kappa shape index (κ3) is 5.01. The number of carboxylic acid groups (broad SMARTS) is 1. The number of carboxylic acids is 1. The summed E-state index contributed by atoms with van der Waals surface area (Å²) < 4.78 is 5.57. The zero-order valence-corrected chi connectivity index (χ0v) is 17.4. The van der Waals surface area contributed by atoms with Gasteiger partial charge < -0.3 is 25.2 Å². The predicted molar refractivity (Wildman–Crippen MR) is 115 cm³/mol. The molecule has 0 amide bonds. The molecule has 0 saturated carbocycles. The van der Waals surface area contributed by atoms with Gasteiger partial charge >= 0.3 is 5.97 Å². The van der Waals surface area contributed by atoms with E-state index in [0.717, 1.165) is 22.6 Å². The number of carbonyl (C=O) groups is 1. The van der Waals surface area contributed by atoms with Crippen molar-refractivity contribution < 1.29 is 19.7 Å². The molecule has 0 unspecified atom stereocenters. The Kier molecular flexibility index (Phi) is 6.67. The van der Waals surface area contributed by atoms with Gasteiger partial charge in [0.2, 0.25) is 0 Å². The Morgan fingerprint density at radius 3 is 2.66 bits per heavy atom. The third-order valence-electron chi connectivity index (χ3n) is 5.27. The van der Waals surface area contributed by atoms with E-state index in [2.05, 4.69) is 5.32 Å². The molecule has 0 aromatic heterocycles. The number of aryl methyl sites for hydroxylation is 1. The molecule has 3 N–H and O–H groups in total. The van der Waals surface area contributed by atoms with E-state index < -0.39 is 11.7 Å². The molecule has 1 atom stereocenters. The molecule has 1 aliphatic rings. The van der Waals surface area contributed by atoms with E-state index in [4.69, 9.17) is 21.4 Å². The van der Waals surface area contributed by atoms with Crippen LogP contribution in [0.1, 0.15) is 25.8 Å². The van der Waals surface area contributed by atoms with Gasteiger partial charge in [-0.15, -0.1) is 0 Å². The van der Waals surface area contributed by atoms with Gasteiger partial charge in [0.15, 0.2) is 5.72 Å². The van der Waals surface area contributed by atoms with Gasteiger partial charge in [-0.1, -0.05) is 31.5 Å². The Balaban J connectivity index is 1.99. The maximum Gasteiger partial charge on any atom is 0.303 e. The van der Waals surface area contributed by atoms with Crippen LogP contribution in [0, 0.1) is 5.92 Å². The van der Waals surface area contributed by atoms with Crippen molar-refractivity contribution in [2.75, 3.05) is 30.0 Å². The monoisotopic (exact) mass is 418 g/mol. The molecule has 0 aliphatic carbocycles. The molecule has 6 nitrogen and oxygen atoms in total. The van der Waals surface area contributed by atoms with Gasteiger partial charge in [-0.25, -0.2) is 0 Å². The van der Waals surface area contributed by atoms with E-state index in [1.165, 1.54) is 0 Å². The summed E-state index contributed by atoms with van der Waals surface area (Å²) >= 11 is 6.00. The number of morpholine rings is 1. The molecule has 3 rings (SSSR count). The normalized spacial score (nSPS) is 19.4. The summed E-state index contributed by atoms with van der Waals surface area (Å²) in [5, 5.41) is 24.4. The molecule has 0 bridgehead atoms. The van der Waals surface area contributed by atoms with Gasteiger partial charge in [0, 0.05) is 29.6 Å². The van der Waals surface area contributed by atoms with Crippen molar-refractivity contribution in [3.63, 3.8) is 0 Å². The Hall–Kier alpha value is -2.28. The van der Waals surface area contributed by atoms with Crippen LogP contribution in [-0.4, -0.2) is 41.7 Å². The Labute approximate surface area is 176 Å². The third-order valence-corrected chi connectivity index (χ3v) is 5.52. The van der Waals surface area contributed by atoms with Crippen LogP contribution >= 0.6 is 11.6 Å². The zero-order chi connectivity index (χ0) is 21.0. The van der Waals surface area contributed by atoms with E-state index in [1.807, 2.05) is 49.1 Å². The molecule has 0 spiro atoms. The summed E-state index contributed by atoms with van der Waals surface area (Å²) in [5.41, 5.74) is 2.29. The fourth-order valence-corrected chi connectivity index (χ4v) is 3.60. The first-order valence-corrected chi connectivity index (χ1v) is 10.1. The van der Waals surface area contributed by atoms with E-state index in [9.17, 15) is 9.90 Å². The molecule has 1 fully saturated rings. The maximum atomic E-state index is 11.3. The lowest BCUT2D eigenvalue weighted by Gasteiger charge is -2.47. The molecule has 1 aliphatic heterocycles. The lowest BCUT2D eigenvalue weighted by molar-refractivity contribution is -0.136. The van der Waals surface area contributed by atoms with Crippen molar-refractivity contribution >= 4 is 34.6 Å². The highest BCUT2D eigenvalue weighted by atomic mass is 35.5. The average Bonchev–Trinajstić information content (AvgIpc) is 2.69. The Bertz CT molecular complexity index is 856. The standard InChI is InChI=1S/C22H27ClN2O4/c1-15(2)22(28)14-29-12-11-25(22)20-9-3-16(4-10-21(26)27)13-19(20)24-18-7-5-17(23)6-8-18/h3,5-9,13,15,24,28H,4,10-12,14H2,1-2H3,(H,26,27)/t22-/m1/s1. The van der Waals surface area contributed by atoms with Gasteiger partial charge in [-0.3, -0.25) is 4.79 Å². The first-order chi connectivity index (χ1) is 13.8. The van der Waals surface area contributed by atoms with Crippen molar-refractivity contribution in [2.24, 2.45) is 5.92 Å². The molecule has 7 heteroatoms. The van der Waals surface area contributed by atoms with E-state index in [0.29, 0.717) is 24.6 Å². The number of aliphatic carboxylic acids is 1. The van der Waals surface area contributed by atoms with Crippen LogP contribution in [-0.2, 0) is 16.0 Å². The predicted octanol–water partition coefficient (Wildman–Crippen LogP) is 4.28.